The largest absolute Gasteiger partial charge is 0.489 e. The highest BCUT2D eigenvalue weighted by Crippen LogP contribution is 2.35. The maximum absolute atomic E-state index is 11.1. The number of aliphatic carboxylic acids is 1. The summed E-state index contributed by atoms with van der Waals surface area (Å²) in [4.78, 5) is 12.3. The predicted molar refractivity (Wildman–Crippen MR) is 126 cm³/mol. The number of ether oxygens (including phenoxy) is 1. The fourth-order valence-electron chi connectivity index (χ4n) is 3.45. The first kappa shape index (κ1) is 22.9. The highest BCUT2D eigenvalue weighted by atomic mass is 35.5. The smallest absolute Gasteiger partial charge is 0.307 e. The van der Waals surface area contributed by atoms with Crippen molar-refractivity contribution in [2.75, 3.05) is 0 Å². The molecule has 0 bridgehead atoms. The number of benzene rings is 2. The number of halogens is 1. The van der Waals surface area contributed by atoms with E-state index in [0.717, 1.165) is 39.0 Å². The van der Waals surface area contributed by atoms with Gasteiger partial charge >= 0.3 is 5.97 Å². The maximum atomic E-state index is 11.1. The van der Waals surface area contributed by atoms with Gasteiger partial charge in [0.05, 0.1) is 12.7 Å². The third kappa shape index (κ3) is 5.10. The van der Waals surface area contributed by atoms with E-state index in [2.05, 4.69) is 24.4 Å². The van der Waals surface area contributed by atoms with Crippen molar-refractivity contribution in [2.24, 2.45) is 5.73 Å². The summed E-state index contributed by atoms with van der Waals surface area (Å²) in [6.07, 6.45) is 2.50. The molecule has 0 spiro atoms. The molecular formula is C24H24ClNO4S. The van der Waals surface area contributed by atoms with Gasteiger partial charge in [0.15, 0.2) is 0 Å². The fraction of sp³-hybridized carbons (Fsp3) is 0.208. The molecule has 2 aromatic heterocycles. The van der Waals surface area contributed by atoms with Crippen molar-refractivity contribution in [3.63, 3.8) is 0 Å². The normalized spacial score (nSPS) is 11.8. The van der Waals surface area contributed by atoms with Crippen molar-refractivity contribution in [2.45, 2.75) is 32.4 Å². The molecule has 1 atom stereocenters. The Bertz CT molecular complexity index is 1180. The summed E-state index contributed by atoms with van der Waals surface area (Å²) in [5.41, 5.74) is 10.7. The number of hydrogen-bond donors (Lipinski definition) is 2. The van der Waals surface area contributed by atoms with Crippen LogP contribution in [0.25, 0.3) is 22.1 Å². The minimum absolute atomic E-state index is 0. The van der Waals surface area contributed by atoms with Gasteiger partial charge in [0.25, 0.3) is 0 Å². The first-order valence-corrected chi connectivity index (χ1v) is 10.7. The van der Waals surface area contributed by atoms with Crippen LogP contribution in [0.3, 0.4) is 0 Å². The minimum atomic E-state index is -0.883. The van der Waals surface area contributed by atoms with Gasteiger partial charge < -0.3 is 20.0 Å². The minimum Gasteiger partial charge on any atom is -0.489 e. The maximum Gasteiger partial charge on any atom is 0.307 e. The molecule has 1 unspecified atom stereocenters. The number of carboxylic acid groups (broad SMARTS) is 1. The monoisotopic (exact) mass is 457 g/mol. The summed E-state index contributed by atoms with van der Waals surface area (Å²) in [7, 11) is 0. The third-order valence-corrected chi connectivity index (χ3v) is 6.12. The van der Waals surface area contributed by atoms with E-state index >= 15 is 0 Å². The molecule has 3 N–H and O–H groups in total. The van der Waals surface area contributed by atoms with Crippen LogP contribution in [0, 0.1) is 0 Å². The molecule has 162 valence electrons. The zero-order valence-electron chi connectivity index (χ0n) is 17.0. The molecule has 4 rings (SSSR count). The van der Waals surface area contributed by atoms with Gasteiger partial charge in [-0.05, 0) is 53.3 Å². The van der Waals surface area contributed by atoms with E-state index in [0.29, 0.717) is 17.9 Å². The lowest BCUT2D eigenvalue weighted by Gasteiger charge is -2.11. The van der Waals surface area contributed by atoms with Gasteiger partial charge in [0.2, 0.25) is 0 Å². The van der Waals surface area contributed by atoms with E-state index < -0.39 is 5.97 Å². The summed E-state index contributed by atoms with van der Waals surface area (Å²) >= 11 is 1.66. The Morgan fingerprint density at radius 1 is 1.23 bits per heavy atom. The molecule has 0 radical (unpaired) electrons. The first-order chi connectivity index (χ1) is 14.5. The number of nitrogens with two attached hydrogens (primary N) is 1. The Morgan fingerprint density at radius 3 is 2.81 bits per heavy atom. The van der Waals surface area contributed by atoms with Crippen LogP contribution in [0.5, 0.6) is 5.75 Å². The van der Waals surface area contributed by atoms with Crippen LogP contribution in [0.1, 0.15) is 35.4 Å². The van der Waals surface area contributed by atoms with Crippen LogP contribution in [-0.2, 0) is 17.8 Å². The second-order valence-electron chi connectivity index (χ2n) is 7.20. The van der Waals surface area contributed by atoms with Crippen LogP contribution in [-0.4, -0.2) is 11.1 Å². The molecule has 31 heavy (non-hydrogen) atoms. The van der Waals surface area contributed by atoms with Crippen molar-refractivity contribution in [1.82, 2.24) is 0 Å². The Hall–Kier alpha value is -2.80. The van der Waals surface area contributed by atoms with Gasteiger partial charge in [-0.25, -0.2) is 0 Å². The van der Waals surface area contributed by atoms with Gasteiger partial charge in [0, 0.05) is 27.4 Å². The summed E-state index contributed by atoms with van der Waals surface area (Å²) in [6, 6.07) is 15.4. The van der Waals surface area contributed by atoms with E-state index in [1.54, 1.807) is 29.7 Å². The van der Waals surface area contributed by atoms with Crippen molar-refractivity contribution < 1.29 is 19.1 Å². The second-order valence-corrected chi connectivity index (χ2v) is 8.14. The van der Waals surface area contributed by atoms with Crippen molar-refractivity contribution >= 4 is 40.7 Å². The van der Waals surface area contributed by atoms with Crippen LogP contribution < -0.4 is 10.5 Å². The topological polar surface area (TPSA) is 85.7 Å². The summed E-state index contributed by atoms with van der Waals surface area (Å²) in [6.45, 7) is 2.41. The zero-order valence-corrected chi connectivity index (χ0v) is 18.7. The quantitative estimate of drug-likeness (QED) is 0.329. The molecule has 0 fully saturated rings. The molecule has 0 aliphatic heterocycles. The summed E-state index contributed by atoms with van der Waals surface area (Å²) in [5.74, 6) is -0.299. The Morgan fingerprint density at radius 2 is 2.03 bits per heavy atom. The highest BCUT2D eigenvalue weighted by molar-refractivity contribution is 7.10. The van der Waals surface area contributed by atoms with Crippen molar-refractivity contribution in [3.8, 4) is 16.9 Å². The molecule has 0 saturated carbocycles. The molecule has 0 aliphatic carbocycles. The number of furan rings is 1. The SMILES string of the molecule is CCC(N)c1cc(-c2cc(COc3ccccc3CC(=O)O)cc3ccoc23)cs1.Cl. The summed E-state index contributed by atoms with van der Waals surface area (Å²) < 4.78 is 11.7. The first-order valence-electron chi connectivity index (χ1n) is 9.82. The third-order valence-electron chi connectivity index (χ3n) is 5.06. The van der Waals surface area contributed by atoms with Crippen LogP contribution >= 0.6 is 23.7 Å². The lowest BCUT2D eigenvalue weighted by molar-refractivity contribution is -0.136. The predicted octanol–water partition coefficient (Wildman–Crippen LogP) is 6.20. The van der Waals surface area contributed by atoms with E-state index in [-0.39, 0.29) is 24.9 Å². The zero-order chi connectivity index (χ0) is 21.1. The molecule has 0 amide bonds. The second kappa shape index (κ2) is 10.0. The van der Waals surface area contributed by atoms with E-state index in [1.165, 1.54) is 0 Å². The van der Waals surface area contributed by atoms with Gasteiger partial charge in [-0.3, -0.25) is 4.79 Å². The van der Waals surface area contributed by atoms with Gasteiger partial charge in [-0.15, -0.1) is 23.7 Å². The lowest BCUT2D eigenvalue weighted by Crippen LogP contribution is -2.05. The standard InChI is InChI=1S/C24H23NO4S.ClH/c1-2-20(25)22-11-18(14-30-22)19-10-15(9-17-7-8-28-24(17)19)13-29-21-6-4-3-5-16(21)12-23(26)27;/h3-11,14,20H,2,12-13,25H2,1H3,(H,26,27);1H. The van der Waals surface area contributed by atoms with Crippen molar-refractivity contribution in [3.05, 3.63) is 76.2 Å². The molecule has 0 saturated heterocycles. The number of carboxylic acids is 1. The summed E-state index contributed by atoms with van der Waals surface area (Å²) in [5, 5.41) is 12.2. The number of carbonyl (C=O) groups is 1. The number of rotatable bonds is 8. The van der Waals surface area contributed by atoms with Gasteiger partial charge in [-0.2, -0.15) is 0 Å². The molecule has 5 nitrogen and oxygen atoms in total. The fourth-order valence-corrected chi connectivity index (χ4v) is 4.44. The molecule has 2 heterocycles. The molecule has 7 heteroatoms. The molecule has 2 aromatic carbocycles. The van der Waals surface area contributed by atoms with E-state index in [1.807, 2.05) is 24.3 Å². The number of thiophene rings is 1. The van der Waals surface area contributed by atoms with Gasteiger partial charge in [-0.1, -0.05) is 25.1 Å². The number of para-hydroxylation sites is 1. The molecular weight excluding hydrogens is 434 g/mol. The van der Waals surface area contributed by atoms with Crippen LogP contribution in [0.4, 0.5) is 0 Å². The molecule has 0 aliphatic rings. The Labute approximate surface area is 190 Å². The Balaban J connectivity index is 0.00000272. The molecule has 4 aromatic rings. The van der Waals surface area contributed by atoms with E-state index in [4.69, 9.17) is 20.0 Å². The average Bonchev–Trinajstić information content (AvgIpc) is 3.41. The number of fused-ring (bicyclic) bond motifs is 1. The van der Waals surface area contributed by atoms with Crippen molar-refractivity contribution in [1.29, 1.82) is 0 Å². The average molecular weight is 458 g/mol. The van der Waals surface area contributed by atoms with Crippen LogP contribution in [0.15, 0.2) is 64.6 Å². The lowest BCUT2D eigenvalue weighted by atomic mass is 10.0. The van der Waals surface area contributed by atoms with Gasteiger partial charge in [0.1, 0.15) is 17.9 Å². The number of hydrogen-bond acceptors (Lipinski definition) is 5. The highest BCUT2D eigenvalue weighted by Gasteiger charge is 2.14. The Kier molecular flexibility index (Phi) is 7.38. The van der Waals surface area contributed by atoms with E-state index in [9.17, 15) is 4.79 Å². The van der Waals surface area contributed by atoms with Crippen LogP contribution in [0.2, 0.25) is 0 Å².